The molecule has 0 spiro atoms. The van der Waals surface area contributed by atoms with Gasteiger partial charge in [-0.05, 0) is 0 Å². The zero-order chi connectivity index (χ0) is 11.0. The van der Waals surface area contributed by atoms with Crippen LogP contribution in [0.5, 0.6) is 0 Å². The Hall–Kier alpha value is -0.577. The molecule has 0 bridgehead atoms. The number of halogens is 6. The predicted octanol–water partition coefficient (Wildman–Crippen LogP) is 3.52. The first kappa shape index (κ1) is 14.4. The Balaban J connectivity index is 0.00000196. The summed E-state index contributed by atoms with van der Waals surface area (Å²) in [6.07, 6.45) is -9.57. The molecule has 0 aliphatic carbocycles. The molecule has 0 N–H and O–H groups in total. The van der Waals surface area contributed by atoms with Gasteiger partial charge in [0.05, 0.1) is 0 Å². The van der Waals surface area contributed by atoms with Crippen molar-refractivity contribution in [3.8, 4) is 0 Å². The maximum Gasteiger partial charge on any atom is 0.394 e. The molecule has 0 fully saturated rings. The van der Waals surface area contributed by atoms with Crippen molar-refractivity contribution in [3.05, 3.63) is 35.4 Å². The van der Waals surface area contributed by atoms with E-state index in [-0.39, 0.29) is 25.5 Å². The van der Waals surface area contributed by atoms with Gasteiger partial charge >= 0.3 is 12.4 Å². The summed E-state index contributed by atoms with van der Waals surface area (Å²) in [5.74, 6) is 0. The zero-order valence-corrected chi connectivity index (χ0v) is 10.2. The van der Waals surface area contributed by atoms with E-state index in [0.717, 1.165) is 0 Å². The Morgan fingerprint density at radius 1 is 0.933 bits per heavy atom. The molecule has 1 aromatic carbocycles. The standard InChI is InChI=1S/C8H3F6.Zn/c9-7(10,11)5-2-1-3-6(4-5)8(12,13)14;/h1-2,4H;/q-1;. The van der Waals surface area contributed by atoms with Crippen molar-refractivity contribution in [2.45, 2.75) is 12.4 Å². The number of hydrogen-bond acceptors (Lipinski definition) is 0. The van der Waals surface area contributed by atoms with E-state index in [1.54, 1.807) is 6.07 Å². The average molecular weight is 278 g/mol. The van der Waals surface area contributed by atoms with Gasteiger partial charge in [-0.2, -0.15) is 44.5 Å². The van der Waals surface area contributed by atoms with Gasteiger partial charge in [-0.3, -0.25) is 0 Å². The van der Waals surface area contributed by atoms with Crippen LogP contribution < -0.4 is 0 Å². The van der Waals surface area contributed by atoms with Gasteiger partial charge in [-0.25, -0.2) is 0 Å². The normalized spacial score (nSPS) is 12.1. The second kappa shape index (κ2) is 4.51. The fourth-order valence-electron chi connectivity index (χ4n) is 0.806. The molecule has 0 aromatic heterocycles. The molecule has 0 atom stereocenters. The Morgan fingerprint density at radius 2 is 1.47 bits per heavy atom. The van der Waals surface area contributed by atoms with Crippen LogP contribution in [0, 0.1) is 6.07 Å². The molecule has 0 saturated heterocycles. The summed E-state index contributed by atoms with van der Waals surface area (Å²) in [7, 11) is 0. The van der Waals surface area contributed by atoms with Crippen LogP contribution in [0.15, 0.2) is 18.2 Å². The van der Waals surface area contributed by atoms with Crippen molar-refractivity contribution in [2.75, 3.05) is 0 Å². The number of rotatable bonds is 0. The van der Waals surface area contributed by atoms with Gasteiger partial charge in [-0.1, -0.05) is 11.1 Å². The predicted molar refractivity (Wildman–Crippen MR) is 35.3 cm³/mol. The third-order valence-corrected chi connectivity index (χ3v) is 1.43. The van der Waals surface area contributed by atoms with E-state index in [4.69, 9.17) is 0 Å². The molecule has 0 nitrogen and oxygen atoms in total. The molecule has 0 heterocycles. The minimum absolute atomic E-state index is 0. The molecule has 1 aromatic rings. The van der Waals surface area contributed by atoms with Gasteiger partial charge in [0.25, 0.3) is 0 Å². The number of hydrogen-bond donors (Lipinski definition) is 0. The van der Waals surface area contributed by atoms with Crippen LogP contribution >= 0.6 is 0 Å². The smallest absolute Gasteiger partial charge is 0.176 e. The summed E-state index contributed by atoms with van der Waals surface area (Å²) >= 11 is 0. The molecule has 0 saturated carbocycles. The summed E-state index contributed by atoms with van der Waals surface area (Å²) in [5, 5.41) is 0. The van der Waals surface area contributed by atoms with Crippen LogP contribution in [0.25, 0.3) is 0 Å². The van der Waals surface area contributed by atoms with Crippen molar-refractivity contribution < 1.29 is 45.8 Å². The molecule has 0 unspecified atom stereocenters. The third-order valence-electron chi connectivity index (χ3n) is 1.43. The monoisotopic (exact) mass is 277 g/mol. The largest absolute Gasteiger partial charge is 0.394 e. The molecule has 0 aliphatic rings. The summed E-state index contributed by atoms with van der Waals surface area (Å²) < 4.78 is 71.8. The van der Waals surface area contributed by atoms with Crippen LogP contribution in [-0.2, 0) is 31.8 Å². The van der Waals surface area contributed by atoms with Gasteiger partial charge in [-0.15, -0.1) is 6.07 Å². The first-order chi connectivity index (χ1) is 6.21. The molecule has 0 amide bonds. The molecule has 80 valence electrons. The first-order valence-electron chi connectivity index (χ1n) is 3.37. The minimum atomic E-state index is -4.80. The second-order valence-electron chi connectivity index (χ2n) is 2.49. The van der Waals surface area contributed by atoms with Crippen LogP contribution in [0.2, 0.25) is 0 Å². The van der Waals surface area contributed by atoms with E-state index in [1.165, 1.54) is 0 Å². The summed E-state index contributed by atoms with van der Waals surface area (Å²) in [5.41, 5.74) is -2.75. The SMILES string of the molecule is FC(F)(F)c1[c-]ccc(C(F)(F)F)c1.[Zn]. The van der Waals surface area contributed by atoms with Crippen LogP contribution in [-0.4, -0.2) is 0 Å². The first-order valence-corrected chi connectivity index (χ1v) is 3.37. The van der Waals surface area contributed by atoms with Crippen LogP contribution in [0.4, 0.5) is 26.3 Å². The van der Waals surface area contributed by atoms with E-state index in [2.05, 4.69) is 0 Å². The Labute approximate surface area is 94.0 Å². The van der Waals surface area contributed by atoms with E-state index in [0.29, 0.717) is 12.1 Å². The van der Waals surface area contributed by atoms with Gasteiger partial charge < -0.3 is 0 Å². The quantitative estimate of drug-likeness (QED) is 0.387. The van der Waals surface area contributed by atoms with E-state index >= 15 is 0 Å². The Morgan fingerprint density at radius 3 is 1.87 bits per heavy atom. The maximum atomic E-state index is 12.0. The van der Waals surface area contributed by atoms with Crippen molar-refractivity contribution in [3.63, 3.8) is 0 Å². The van der Waals surface area contributed by atoms with Gasteiger partial charge in [0.15, 0.2) is 0 Å². The summed E-state index contributed by atoms with van der Waals surface area (Å²) in [6, 6.07) is 2.86. The van der Waals surface area contributed by atoms with E-state index in [1.807, 2.05) is 0 Å². The van der Waals surface area contributed by atoms with Gasteiger partial charge in [0, 0.05) is 19.5 Å². The topological polar surface area (TPSA) is 0 Å². The van der Waals surface area contributed by atoms with E-state index in [9.17, 15) is 26.3 Å². The minimum Gasteiger partial charge on any atom is -0.176 e. The molecular formula is C8H3F6Zn-. The van der Waals surface area contributed by atoms with E-state index < -0.39 is 23.5 Å². The zero-order valence-electron chi connectivity index (χ0n) is 7.21. The second-order valence-corrected chi connectivity index (χ2v) is 2.49. The average Bonchev–Trinajstić information content (AvgIpc) is 2.01. The van der Waals surface area contributed by atoms with Gasteiger partial charge in [0.2, 0.25) is 0 Å². The number of alkyl halides is 6. The van der Waals surface area contributed by atoms with Crippen molar-refractivity contribution in [1.82, 2.24) is 0 Å². The van der Waals surface area contributed by atoms with Crippen LogP contribution in [0.1, 0.15) is 11.1 Å². The Bertz CT molecular complexity index is 297. The Kier molecular flexibility index (Phi) is 4.34. The fourth-order valence-corrected chi connectivity index (χ4v) is 0.806. The van der Waals surface area contributed by atoms with Gasteiger partial charge in [0.1, 0.15) is 0 Å². The maximum absolute atomic E-state index is 12.0. The molecule has 0 radical (unpaired) electrons. The fraction of sp³-hybridized carbons (Fsp3) is 0.250. The molecule has 1 rings (SSSR count). The van der Waals surface area contributed by atoms with Crippen LogP contribution in [0.3, 0.4) is 0 Å². The molecule has 0 aliphatic heterocycles. The third kappa shape index (κ3) is 3.82. The number of benzene rings is 1. The van der Waals surface area contributed by atoms with Crippen molar-refractivity contribution in [1.29, 1.82) is 0 Å². The summed E-state index contributed by atoms with van der Waals surface area (Å²) in [6.45, 7) is 0. The molecule has 7 heteroatoms. The molecular weight excluding hydrogens is 275 g/mol. The van der Waals surface area contributed by atoms with Crippen molar-refractivity contribution in [2.24, 2.45) is 0 Å². The van der Waals surface area contributed by atoms with Crippen molar-refractivity contribution >= 4 is 0 Å². The summed E-state index contributed by atoms with van der Waals surface area (Å²) in [4.78, 5) is 0. The molecule has 15 heavy (non-hydrogen) atoms.